The van der Waals surface area contributed by atoms with E-state index in [0.717, 1.165) is 0 Å². The van der Waals surface area contributed by atoms with Crippen LogP contribution in [0.3, 0.4) is 0 Å². The van der Waals surface area contributed by atoms with Gasteiger partial charge in [-0.15, -0.1) is 0 Å². The fourth-order valence-electron chi connectivity index (χ4n) is 0.951. The Morgan fingerprint density at radius 3 is 1.79 bits per heavy atom. The van der Waals surface area contributed by atoms with Gasteiger partial charge in [-0.3, -0.25) is 4.55 Å². The van der Waals surface area contributed by atoms with Gasteiger partial charge in [-0.1, -0.05) is 43.7 Å². The van der Waals surface area contributed by atoms with E-state index < -0.39 is 11.0 Å². The third-order valence-corrected chi connectivity index (χ3v) is 1.74. The minimum atomic E-state index is -3.12. The predicted molar refractivity (Wildman–Crippen MR) is 58.2 cm³/mol. The molecule has 0 spiro atoms. The number of rotatable bonds is 1. The Kier molecular flexibility index (Phi) is 6.16. The van der Waals surface area contributed by atoms with Crippen LogP contribution in [0.15, 0.2) is 24.3 Å². The van der Waals surface area contributed by atoms with E-state index in [1.165, 1.54) is 11.1 Å². The summed E-state index contributed by atoms with van der Waals surface area (Å²) in [5.74, 6) is 0.653. The average Bonchev–Trinajstić information content (AvgIpc) is 2.03. The molecule has 0 atom stereocenters. The first-order valence-electron chi connectivity index (χ1n) is 4.33. The van der Waals surface area contributed by atoms with Gasteiger partial charge in [0.25, 0.3) is 11.0 Å². The summed E-state index contributed by atoms with van der Waals surface area (Å²) in [6.07, 6.45) is 0. The molecule has 80 valence electrons. The first kappa shape index (κ1) is 13.1. The lowest BCUT2D eigenvalue weighted by molar-refractivity contribution is 0.509. The van der Waals surface area contributed by atoms with Crippen molar-refractivity contribution in [2.45, 2.75) is 26.7 Å². The second kappa shape index (κ2) is 6.56. The highest BCUT2D eigenvalue weighted by Gasteiger charge is 1.95. The Balaban J connectivity index is 0.000000364. The third kappa shape index (κ3) is 6.62. The molecular formula is C10H16O3S. The molecule has 0 amide bonds. The van der Waals surface area contributed by atoms with E-state index >= 15 is 0 Å². The molecule has 1 N–H and O–H groups in total. The van der Waals surface area contributed by atoms with Crippen LogP contribution in [0.4, 0.5) is 0 Å². The van der Waals surface area contributed by atoms with Crippen LogP contribution < -0.4 is 0 Å². The molecule has 0 aliphatic heterocycles. The Morgan fingerprint density at radius 2 is 1.50 bits per heavy atom. The highest BCUT2D eigenvalue weighted by molar-refractivity contribution is 7.66. The van der Waals surface area contributed by atoms with Crippen LogP contribution in [-0.4, -0.2) is 13.0 Å². The lowest BCUT2D eigenvalue weighted by atomic mass is 10.0. The summed E-state index contributed by atoms with van der Waals surface area (Å²) in [5.41, 5.74) is 2.76. The molecule has 4 heteroatoms. The molecule has 0 aliphatic rings. The fourth-order valence-corrected chi connectivity index (χ4v) is 0.951. The van der Waals surface area contributed by atoms with Crippen molar-refractivity contribution in [1.29, 1.82) is 0 Å². The van der Waals surface area contributed by atoms with Crippen molar-refractivity contribution < 1.29 is 13.0 Å². The van der Waals surface area contributed by atoms with E-state index in [4.69, 9.17) is 13.0 Å². The van der Waals surface area contributed by atoms with E-state index in [1.54, 1.807) is 0 Å². The van der Waals surface area contributed by atoms with Crippen molar-refractivity contribution in [3.8, 4) is 0 Å². The quantitative estimate of drug-likeness (QED) is 0.559. The summed E-state index contributed by atoms with van der Waals surface area (Å²) in [4.78, 5) is 0. The number of benzene rings is 1. The SMILES string of the molecule is Cc1ccc(C(C)C)cc1.O=[SH](=O)O. The van der Waals surface area contributed by atoms with Gasteiger partial charge in [0.15, 0.2) is 0 Å². The molecule has 0 radical (unpaired) electrons. The first-order chi connectivity index (χ1) is 6.43. The zero-order valence-corrected chi connectivity index (χ0v) is 9.49. The van der Waals surface area contributed by atoms with Crippen LogP contribution in [0.2, 0.25) is 0 Å². The Bertz CT molecular complexity index is 318. The van der Waals surface area contributed by atoms with Gasteiger partial charge >= 0.3 is 0 Å². The second-order valence-electron chi connectivity index (χ2n) is 3.30. The molecule has 14 heavy (non-hydrogen) atoms. The maximum absolute atomic E-state index is 8.59. The maximum atomic E-state index is 8.59. The van der Waals surface area contributed by atoms with Crippen LogP contribution in [0.25, 0.3) is 0 Å². The van der Waals surface area contributed by atoms with Crippen molar-refractivity contribution in [2.24, 2.45) is 0 Å². The van der Waals surface area contributed by atoms with Gasteiger partial charge in [0.2, 0.25) is 0 Å². The first-order valence-corrected chi connectivity index (χ1v) is 5.46. The molecule has 0 fully saturated rings. The van der Waals surface area contributed by atoms with Crippen molar-refractivity contribution in [3.05, 3.63) is 35.4 Å². The average molecular weight is 216 g/mol. The summed E-state index contributed by atoms with van der Waals surface area (Å²) >= 11 is 0. The van der Waals surface area contributed by atoms with E-state index in [-0.39, 0.29) is 0 Å². The Labute approximate surface area is 86.6 Å². The number of hydrogen-bond donors (Lipinski definition) is 2. The molecule has 0 aliphatic carbocycles. The Hall–Kier alpha value is -0.870. The summed E-state index contributed by atoms with van der Waals surface area (Å²) in [7, 11) is -3.12. The van der Waals surface area contributed by atoms with Gasteiger partial charge < -0.3 is 0 Å². The number of hydrogen-bond acceptors (Lipinski definition) is 2. The predicted octanol–water partition coefficient (Wildman–Crippen LogP) is 2.19. The van der Waals surface area contributed by atoms with Crippen molar-refractivity contribution in [1.82, 2.24) is 0 Å². The van der Waals surface area contributed by atoms with E-state index in [2.05, 4.69) is 45.0 Å². The standard InChI is InChI=1S/C10H14.H2O3S/c1-8(2)10-6-4-9(3)5-7-10;1-4(2)3/h4-8H,1-3H3;4H,(H,1,2,3). The molecule has 0 saturated heterocycles. The van der Waals surface area contributed by atoms with Gasteiger partial charge in [0.1, 0.15) is 0 Å². The van der Waals surface area contributed by atoms with E-state index in [9.17, 15) is 0 Å². The van der Waals surface area contributed by atoms with Crippen LogP contribution in [0.5, 0.6) is 0 Å². The monoisotopic (exact) mass is 216 g/mol. The molecule has 0 bridgehead atoms. The zero-order chi connectivity index (χ0) is 11.1. The molecule has 0 unspecified atom stereocenters. The summed E-state index contributed by atoms with van der Waals surface area (Å²) in [6.45, 7) is 6.54. The van der Waals surface area contributed by atoms with Gasteiger partial charge in [-0.25, -0.2) is 8.42 Å². The Morgan fingerprint density at radius 1 is 1.14 bits per heavy atom. The topological polar surface area (TPSA) is 54.4 Å². The normalized spacial score (nSPS) is 9.86. The van der Waals surface area contributed by atoms with E-state index in [1.807, 2.05) is 0 Å². The lowest BCUT2D eigenvalue weighted by Gasteiger charge is -2.03. The van der Waals surface area contributed by atoms with Gasteiger partial charge in [-0.05, 0) is 18.4 Å². The molecule has 0 saturated carbocycles. The third-order valence-electron chi connectivity index (χ3n) is 1.74. The summed E-state index contributed by atoms with van der Waals surface area (Å²) in [6, 6.07) is 8.71. The van der Waals surface area contributed by atoms with Crippen LogP contribution in [-0.2, 0) is 11.0 Å². The number of thiol groups is 1. The highest BCUT2D eigenvalue weighted by Crippen LogP contribution is 2.13. The van der Waals surface area contributed by atoms with Gasteiger partial charge in [0.05, 0.1) is 0 Å². The number of aryl methyl sites for hydroxylation is 1. The molecule has 1 rings (SSSR count). The van der Waals surface area contributed by atoms with Crippen molar-refractivity contribution in [3.63, 3.8) is 0 Å². The van der Waals surface area contributed by atoms with E-state index in [0.29, 0.717) is 5.92 Å². The minimum Gasteiger partial charge on any atom is -0.288 e. The molecule has 1 aromatic carbocycles. The summed E-state index contributed by atoms with van der Waals surface area (Å²) < 4.78 is 24.2. The molecule has 0 heterocycles. The maximum Gasteiger partial charge on any atom is 0.254 e. The molecule has 3 nitrogen and oxygen atoms in total. The van der Waals surface area contributed by atoms with Crippen LogP contribution in [0, 0.1) is 6.92 Å². The molecular weight excluding hydrogens is 200 g/mol. The summed E-state index contributed by atoms with van der Waals surface area (Å²) in [5, 5.41) is 0. The fraction of sp³-hybridized carbons (Fsp3) is 0.400. The van der Waals surface area contributed by atoms with Crippen molar-refractivity contribution >= 4 is 11.0 Å². The zero-order valence-electron chi connectivity index (χ0n) is 8.60. The van der Waals surface area contributed by atoms with Gasteiger partial charge in [0, 0.05) is 0 Å². The molecule has 0 aromatic heterocycles. The van der Waals surface area contributed by atoms with Crippen LogP contribution in [0.1, 0.15) is 30.9 Å². The molecule has 1 aromatic rings. The minimum absolute atomic E-state index is 0.653. The second-order valence-corrected chi connectivity index (χ2v) is 3.78. The van der Waals surface area contributed by atoms with Crippen molar-refractivity contribution in [2.75, 3.05) is 0 Å². The smallest absolute Gasteiger partial charge is 0.254 e. The van der Waals surface area contributed by atoms with Crippen LogP contribution >= 0.6 is 0 Å². The lowest BCUT2D eigenvalue weighted by Crippen LogP contribution is -1.85. The van der Waals surface area contributed by atoms with Gasteiger partial charge in [-0.2, -0.15) is 0 Å². The largest absolute Gasteiger partial charge is 0.288 e. The highest BCUT2D eigenvalue weighted by atomic mass is 32.2.